The molecule has 41 heavy (non-hydrogen) atoms. The molecular weight excluding hydrogens is 540 g/mol. The number of nitriles is 1. The molecule has 1 aromatic carbocycles. The summed E-state index contributed by atoms with van der Waals surface area (Å²) in [6.45, 7) is 9.02. The summed E-state index contributed by atoms with van der Waals surface area (Å²) in [6.07, 6.45) is 3.99. The summed E-state index contributed by atoms with van der Waals surface area (Å²) in [5, 5.41) is 14.4. The van der Waals surface area contributed by atoms with Crippen LogP contribution in [0.3, 0.4) is 0 Å². The predicted octanol–water partition coefficient (Wildman–Crippen LogP) is 2.29. The predicted molar refractivity (Wildman–Crippen MR) is 164 cm³/mol. The summed E-state index contributed by atoms with van der Waals surface area (Å²) in [7, 11) is 2.11. The molecule has 226 valence electrons. The molecule has 0 spiro atoms. The average Bonchev–Trinajstić information content (AvgIpc) is 2.98. The van der Waals surface area contributed by atoms with Gasteiger partial charge in [0.2, 0.25) is 17.7 Å². The third-order valence-electron chi connectivity index (χ3n) is 7.97. The van der Waals surface area contributed by atoms with E-state index in [1.807, 2.05) is 31.2 Å². The Morgan fingerprint density at radius 3 is 2.32 bits per heavy atom. The molecule has 3 amide bonds. The van der Waals surface area contributed by atoms with Crippen LogP contribution in [0.25, 0.3) is 0 Å². The SMILES string of the molecule is CCN(C(C)=O)C(SNc1ccc(NC(=O)CCN2CCN(C)CC2)cc1)[C@H](N)C(=O)NCC1CCC(C#N)CC1. The smallest absolute Gasteiger partial charge is 0.240 e. The van der Waals surface area contributed by atoms with Crippen molar-refractivity contribution in [1.29, 1.82) is 5.26 Å². The molecule has 0 bridgehead atoms. The number of nitrogens with one attached hydrogen (secondary N) is 3. The molecule has 1 aromatic rings. The van der Waals surface area contributed by atoms with Gasteiger partial charge >= 0.3 is 0 Å². The zero-order valence-electron chi connectivity index (χ0n) is 24.6. The third kappa shape index (κ3) is 10.5. The van der Waals surface area contributed by atoms with E-state index in [4.69, 9.17) is 11.0 Å². The van der Waals surface area contributed by atoms with Gasteiger partial charge in [0.1, 0.15) is 11.4 Å². The lowest BCUT2D eigenvalue weighted by Crippen LogP contribution is -2.55. The molecule has 0 aromatic heterocycles. The number of nitrogens with two attached hydrogens (primary N) is 1. The van der Waals surface area contributed by atoms with E-state index in [9.17, 15) is 14.4 Å². The van der Waals surface area contributed by atoms with Crippen LogP contribution in [0.2, 0.25) is 0 Å². The molecular formula is C29H46N8O3S. The van der Waals surface area contributed by atoms with Crippen LogP contribution in [-0.4, -0.2) is 96.7 Å². The quantitative estimate of drug-likeness (QED) is 0.202. The number of carbonyl (C=O) groups is 3. The molecule has 2 atom stereocenters. The number of amides is 3. The van der Waals surface area contributed by atoms with Gasteiger partial charge < -0.3 is 35.8 Å². The summed E-state index contributed by atoms with van der Waals surface area (Å²) in [5.74, 6) is -0.0436. The first kappa shape index (κ1) is 32.7. The van der Waals surface area contributed by atoms with Crippen LogP contribution in [0.15, 0.2) is 24.3 Å². The molecule has 5 N–H and O–H groups in total. The van der Waals surface area contributed by atoms with E-state index in [0.717, 1.165) is 64.1 Å². The summed E-state index contributed by atoms with van der Waals surface area (Å²) >= 11 is 1.22. The lowest BCUT2D eigenvalue weighted by Gasteiger charge is -2.33. The fourth-order valence-corrected chi connectivity index (χ4v) is 6.29. The summed E-state index contributed by atoms with van der Waals surface area (Å²) in [4.78, 5) is 44.0. The van der Waals surface area contributed by atoms with E-state index < -0.39 is 11.4 Å². The number of rotatable bonds is 13. The monoisotopic (exact) mass is 586 g/mol. The Hall–Kier alpha value is -2.85. The van der Waals surface area contributed by atoms with Gasteiger partial charge in [-0.05, 0) is 81.8 Å². The molecule has 3 rings (SSSR count). The molecule has 1 aliphatic carbocycles. The molecule has 1 saturated heterocycles. The zero-order chi connectivity index (χ0) is 29.8. The largest absolute Gasteiger partial charge is 0.354 e. The first-order chi connectivity index (χ1) is 19.7. The molecule has 0 radical (unpaired) electrons. The Morgan fingerprint density at radius 1 is 1.10 bits per heavy atom. The first-order valence-electron chi connectivity index (χ1n) is 14.6. The van der Waals surface area contributed by atoms with E-state index in [2.05, 4.69) is 38.3 Å². The van der Waals surface area contributed by atoms with Gasteiger partial charge in [0.05, 0.1) is 6.07 Å². The van der Waals surface area contributed by atoms with Crippen LogP contribution in [0.1, 0.15) is 46.0 Å². The number of nitrogens with zero attached hydrogens (tertiary/aromatic N) is 4. The maximum Gasteiger partial charge on any atom is 0.240 e. The highest BCUT2D eigenvalue weighted by atomic mass is 32.2. The van der Waals surface area contributed by atoms with E-state index in [0.29, 0.717) is 31.1 Å². The van der Waals surface area contributed by atoms with Crippen molar-refractivity contribution in [2.24, 2.45) is 17.6 Å². The topological polar surface area (TPSA) is 147 Å². The highest BCUT2D eigenvalue weighted by Gasteiger charge is 2.32. The minimum atomic E-state index is -0.939. The van der Waals surface area contributed by atoms with Gasteiger partial charge in [-0.1, -0.05) is 0 Å². The summed E-state index contributed by atoms with van der Waals surface area (Å²) < 4.78 is 3.23. The molecule has 1 unspecified atom stereocenters. The second-order valence-corrected chi connectivity index (χ2v) is 12.0. The Labute approximate surface area is 248 Å². The van der Waals surface area contributed by atoms with Gasteiger partial charge in [-0.15, -0.1) is 0 Å². The van der Waals surface area contributed by atoms with Crippen LogP contribution < -0.4 is 21.1 Å². The van der Waals surface area contributed by atoms with E-state index >= 15 is 0 Å². The lowest BCUT2D eigenvalue weighted by molar-refractivity contribution is -0.131. The number of piperazine rings is 1. The Bertz CT molecular complexity index is 1030. The first-order valence-corrected chi connectivity index (χ1v) is 15.5. The van der Waals surface area contributed by atoms with Crippen LogP contribution in [0, 0.1) is 23.2 Å². The van der Waals surface area contributed by atoms with Crippen molar-refractivity contribution in [3.8, 4) is 6.07 Å². The third-order valence-corrected chi connectivity index (χ3v) is 9.12. The molecule has 1 heterocycles. The van der Waals surface area contributed by atoms with Crippen molar-refractivity contribution in [2.75, 3.05) is 62.9 Å². The van der Waals surface area contributed by atoms with Gasteiger partial charge in [-0.3, -0.25) is 14.4 Å². The van der Waals surface area contributed by atoms with E-state index in [1.54, 1.807) is 4.90 Å². The van der Waals surface area contributed by atoms with Crippen LogP contribution >= 0.6 is 11.9 Å². The summed E-state index contributed by atoms with van der Waals surface area (Å²) in [5.41, 5.74) is 7.87. The second kappa shape index (κ2) is 16.6. The maximum absolute atomic E-state index is 13.0. The number of hydrogen-bond donors (Lipinski definition) is 4. The number of carbonyl (C=O) groups excluding carboxylic acids is 3. The van der Waals surface area contributed by atoms with Crippen LogP contribution in [0.4, 0.5) is 11.4 Å². The minimum absolute atomic E-state index is 0.0192. The minimum Gasteiger partial charge on any atom is -0.354 e. The highest BCUT2D eigenvalue weighted by molar-refractivity contribution is 8.01. The fraction of sp³-hybridized carbons (Fsp3) is 0.655. The van der Waals surface area contributed by atoms with Crippen LogP contribution in [0.5, 0.6) is 0 Å². The molecule has 2 aliphatic rings. The van der Waals surface area contributed by atoms with Crippen molar-refractivity contribution >= 4 is 41.0 Å². The van der Waals surface area contributed by atoms with Crippen molar-refractivity contribution < 1.29 is 14.4 Å². The van der Waals surface area contributed by atoms with E-state index in [-0.39, 0.29) is 23.6 Å². The van der Waals surface area contributed by atoms with Gasteiger partial charge in [0, 0.05) is 76.5 Å². The molecule has 12 heteroatoms. The lowest BCUT2D eigenvalue weighted by atomic mass is 9.83. The summed E-state index contributed by atoms with van der Waals surface area (Å²) in [6, 6.07) is 8.72. The van der Waals surface area contributed by atoms with E-state index in [1.165, 1.54) is 18.9 Å². The maximum atomic E-state index is 13.0. The van der Waals surface area contributed by atoms with Crippen LogP contribution in [-0.2, 0) is 14.4 Å². The highest BCUT2D eigenvalue weighted by Crippen LogP contribution is 2.28. The Balaban J connectivity index is 1.49. The molecule has 1 saturated carbocycles. The van der Waals surface area contributed by atoms with Gasteiger partial charge in [-0.2, -0.15) is 5.26 Å². The van der Waals surface area contributed by atoms with Crippen molar-refractivity contribution in [3.05, 3.63) is 24.3 Å². The number of likely N-dealkylation sites (N-methyl/N-ethyl adjacent to an activating group) is 2. The van der Waals surface area contributed by atoms with Gasteiger partial charge in [0.25, 0.3) is 0 Å². The Morgan fingerprint density at radius 2 is 1.73 bits per heavy atom. The number of benzene rings is 1. The second-order valence-electron chi connectivity index (χ2n) is 11.1. The van der Waals surface area contributed by atoms with Gasteiger partial charge in [-0.25, -0.2) is 0 Å². The average molecular weight is 587 g/mol. The fourth-order valence-electron chi connectivity index (χ4n) is 5.21. The van der Waals surface area contributed by atoms with Crippen molar-refractivity contribution in [3.63, 3.8) is 0 Å². The Kier molecular flexibility index (Phi) is 13.2. The van der Waals surface area contributed by atoms with Gasteiger partial charge in [0.15, 0.2) is 0 Å². The molecule has 1 aliphatic heterocycles. The zero-order valence-corrected chi connectivity index (χ0v) is 25.4. The normalized spacial score (nSPS) is 21.2. The standard InChI is InChI=1S/C29H46N8O3S/c1-4-37(21(2)38)29(27(31)28(40)32-20-23-7-5-22(19-30)6-8-23)41-34-25-11-9-24(10-12-25)33-26(39)13-14-36-17-15-35(3)16-18-36/h9-12,22-23,27,29,34H,4-8,13-18,20,31H2,1-3H3,(H,32,40)(H,33,39)/t22?,23?,27-,29?/m1/s1. The number of hydrogen-bond acceptors (Lipinski definition) is 9. The molecule has 2 fully saturated rings. The van der Waals surface area contributed by atoms with Crippen molar-refractivity contribution in [1.82, 2.24) is 20.0 Å². The van der Waals surface area contributed by atoms with Crippen molar-refractivity contribution in [2.45, 2.75) is 57.4 Å². The molecule has 11 nitrogen and oxygen atoms in total. The number of anilines is 2.